The number of nitro groups is 1. The smallest absolute Gasteiger partial charge is 0.372 e. The summed E-state index contributed by atoms with van der Waals surface area (Å²) in [7, 11) is 0. The van der Waals surface area contributed by atoms with Crippen molar-refractivity contribution < 1.29 is 9.66 Å². The zero-order valence-corrected chi connectivity index (χ0v) is 14.1. The molecule has 8 nitrogen and oxygen atoms in total. The largest absolute Gasteiger partial charge is 0.373 e. The Bertz CT molecular complexity index is 675. The van der Waals surface area contributed by atoms with E-state index in [0.717, 1.165) is 26.1 Å². The molecular weight excluding hydrogens is 318 g/mol. The van der Waals surface area contributed by atoms with Crippen LogP contribution in [0.5, 0.6) is 0 Å². The standard InChI is InChI=1S/C14H21N5O3S/c1-10-8-17(9-11(2)22-10)5-3-4-15-12-13(19(20)21)18-6-7-23-14(18)16-12/h6-7,10-11,15H,3-5,8-9H2,1-2H3. The molecule has 0 bridgehead atoms. The maximum Gasteiger partial charge on any atom is 0.372 e. The molecule has 23 heavy (non-hydrogen) atoms. The quantitative estimate of drug-likeness (QED) is 0.493. The van der Waals surface area contributed by atoms with Crippen LogP contribution in [0.25, 0.3) is 4.96 Å². The molecule has 2 aromatic heterocycles. The van der Waals surface area contributed by atoms with Gasteiger partial charge in [0.15, 0.2) is 0 Å². The van der Waals surface area contributed by atoms with Crippen LogP contribution in [0.2, 0.25) is 0 Å². The molecule has 2 atom stereocenters. The van der Waals surface area contributed by atoms with E-state index in [1.165, 1.54) is 15.7 Å². The number of anilines is 1. The highest BCUT2D eigenvalue weighted by molar-refractivity contribution is 7.15. The first-order valence-electron chi connectivity index (χ1n) is 7.76. The maximum atomic E-state index is 11.2. The molecule has 3 heterocycles. The molecule has 0 radical (unpaired) electrons. The van der Waals surface area contributed by atoms with Crippen LogP contribution in [-0.2, 0) is 4.74 Å². The monoisotopic (exact) mass is 339 g/mol. The summed E-state index contributed by atoms with van der Waals surface area (Å²) in [5, 5.41) is 16.1. The summed E-state index contributed by atoms with van der Waals surface area (Å²) in [4.78, 5) is 18.2. The fourth-order valence-electron chi connectivity index (χ4n) is 3.04. The number of hydrogen-bond donors (Lipinski definition) is 1. The van der Waals surface area contributed by atoms with Crippen molar-refractivity contribution in [3.05, 3.63) is 21.7 Å². The summed E-state index contributed by atoms with van der Waals surface area (Å²) in [6, 6.07) is 0. The predicted octanol–water partition coefficient (Wildman–Crippen LogP) is 2.22. The first-order valence-corrected chi connectivity index (χ1v) is 8.64. The SMILES string of the molecule is CC1CN(CCCNc2nc3sccn3c2[N+](=O)[O-])CC(C)O1. The number of fused-ring (bicyclic) bond motifs is 1. The average Bonchev–Trinajstić information content (AvgIpc) is 3.02. The van der Waals surface area contributed by atoms with Crippen LogP contribution in [0.4, 0.5) is 11.6 Å². The zero-order valence-electron chi connectivity index (χ0n) is 13.3. The Hall–Kier alpha value is -1.71. The zero-order chi connectivity index (χ0) is 16.4. The molecule has 0 aliphatic carbocycles. The molecule has 1 aliphatic heterocycles. The molecule has 2 aromatic rings. The van der Waals surface area contributed by atoms with E-state index in [1.807, 2.05) is 0 Å². The third-order valence-electron chi connectivity index (χ3n) is 3.85. The van der Waals surface area contributed by atoms with Crippen molar-refractivity contribution in [1.29, 1.82) is 0 Å². The lowest BCUT2D eigenvalue weighted by Crippen LogP contribution is -2.45. The second kappa shape index (κ2) is 6.81. The highest BCUT2D eigenvalue weighted by Gasteiger charge is 2.24. The fourth-order valence-corrected chi connectivity index (χ4v) is 3.75. The van der Waals surface area contributed by atoms with E-state index in [-0.39, 0.29) is 22.9 Å². The number of imidazole rings is 1. The summed E-state index contributed by atoms with van der Waals surface area (Å²) >= 11 is 1.39. The Morgan fingerprint density at radius 2 is 2.22 bits per heavy atom. The van der Waals surface area contributed by atoms with E-state index in [9.17, 15) is 10.1 Å². The first kappa shape index (κ1) is 16.2. The molecule has 1 N–H and O–H groups in total. The van der Waals surface area contributed by atoms with E-state index >= 15 is 0 Å². The summed E-state index contributed by atoms with van der Waals surface area (Å²) < 4.78 is 7.23. The Morgan fingerprint density at radius 3 is 2.91 bits per heavy atom. The van der Waals surface area contributed by atoms with Gasteiger partial charge in [0.2, 0.25) is 5.82 Å². The minimum Gasteiger partial charge on any atom is -0.373 e. The minimum atomic E-state index is -0.389. The summed E-state index contributed by atoms with van der Waals surface area (Å²) in [5.74, 6) is 0.362. The summed E-state index contributed by atoms with van der Waals surface area (Å²) in [6.07, 6.45) is 3.09. The normalized spacial score (nSPS) is 22.5. The molecule has 0 amide bonds. The number of hydrogen-bond acceptors (Lipinski definition) is 7. The number of thiazole rings is 1. The fraction of sp³-hybridized carbons (Fsp3) is 0.643. The minimum absolute atomic E-state index is 0.00914. The number of nitrogens with one attached hydrogen (secondary N) is 1. The Morgan fingerprint density at radius 1 is 1.48 bits per heavy atom. The summed E-state index contributed by atoms with van der Waals surface area (Å²) in [6.45, 7) is 7.65. The number of morpholine rings is 1. The van der Waals surface area contributed by atoms with Crippen molar-refractivity contribution in [2.45, 2.75) is 32.5 Å². The molecule has 0 spiro atoms. The second-order valence-corrected chi connectivity index (χ2v) is 6.77. The van der Waals surface area contributed by atoms with Gasteiger partial charge in [-0.15, -0.1) is 0 Å². The molecule has 2 unspecified atom stereocenters. The van der Waals surface area contributed by atoms with Gasteiger partial charge in [0.05, 0.1) is 12.2 Å². The van der Waals surface area contributed by atoms with Gasteiger partial charge in [0, 0.05) is 31.6 Å². The predicted molar refractivity (Wildman–Crippen MR) is 89.3 cm³/mol. The van der Waals surface area contributed by atoms with Crippen LogP contribution in [-0.4, -0.2) is 57.6 Å². The van der Waals surface area contributed by atoms with Crippen molar-refractivity contribution in [2.75, 3.05) is 31.5 Å². The second-order valence-electron chi connectivity index (χ2n) is 5.89. The van der Waals surface area contributed by atoms with Crippen molar-refractivity contribution in [1.82, 2.24) is 14.3 Å². The molecule has 0 aromatic carbocycles. The molecule has 0 saturated carbocycles. The van der Waals surface area contributed by atoms with E-state index < -0.39 is 0 Å². The molecular formula is C14H21N5O3S. The van der Waals surface area contributed by atoms with Gasteiger partial charge in [-0.25, -0.2) is 0 Å². The number of nitrogens with zero attached hydrogens (tertiary/aromatic N) is 4. The van der Waals surface area contributed by atoms with Crippen molar-refractivity contribution >= 4 is 27.9 Å². The van der Waals surface area contributed by atoms with E-state index in [1.54, 1.807) is 11.6 Å². The van der Waals surface area contributed by atoms with Crippen molar-refractivity contribution in [3.8, 4) is 0 Å². The van der Waals surface area contributed by atoms with Crippen LogP contribution in [0.15, 0.2) is 11.6 Å². The Labute approximate surface area is 138 Å². The molecule has 1 aliphatic rings. The van der Waals surface area contributed by atoms with Crippen molar-refractivity contribution in [3.63, 3.8) is 0 Å². The number of aromatic nitrogens is 2. The highest BCUT2D eigenvalue weighted by atomic mass is 32.1. The average molecular weight is 339 g/mol. The van der Waals surface area contributed by atoms with Crippen molar-refractivity contribution in [2.24, 2.45) is 0 Å². The van der Waals surface area contributed by atoms with E-state index in [4.69, 9.17) is 4.74 Å². The van der Waals surface area contributed by atoms with Gasteiger partial charge in [0.25, 0.3) is 4.96 Å². The molecule has 126 valence electrons. The molecule has 3 rings (SSSR count). The lowest BCUT2D eigenvalue weighted by molar-refractivity contribution is -0.389. The highest BCUT2D eigenvalue weighted by Crippen LogP contribution is 2.27. The summed E-state index contributed by atoms with van der Waals surface area (Å²) in [5.41, 5.74) is 0. The molecule has 9 heteroatoms. The van der Waals surface area contributed by atoms with Gasteiger partial charge < -0.3 is 20.2 Å². The topological polar surface area (TPSA) is 84.9 Å². The van der Waals surface area contributed by atoms with Crippen LogP contribution >= 0.6 is 11.3 Å². The van der Waals surface area contributed by atoms with E-state index in [2.05, 4.69) is 29.0 Å². The van der Waals surface area contributed by atoms with Gasteiger partial charge in [-0.2, -0.15) is 9.38 Å². The number of rotatable bonds is 6. The Balaban J connectivity index is 1.54. The molecule has 1 saturated heterocycles. The van der Waals surface area contributed by atoms with Gasteiger partial charge in [0.1, 0.15) is 6.20 Å². The third kappa shape index (κ3) is 3.62. The van der Waals surface area contributed by atoms with Crippen LogP contribution in [0.3, 0.4) is 0 Å². The van der Waals surface area contributed by atoms with Gasteiger partial charge >= 0.3 is 5.82 Å². The van der Waals surface area contributed by atoms with Gasteiger partial charge in [-0.3, -0.25) is 4.90 Å². The van der Waals surface area contributed by atoms with Crippen LogP contribution in [0, 0.1) is 10.1 Å². The maximum absolute atomic E-state index is 11.2. The van der Waals surface area contributed by atoms with Gasteiger partial charge in [-0.1, -0.05) is 11.3 Å². The third-order valence-corrected chi connectivity index (χ3v) is 4.61. The lowest BCUT2D eigenvalue weighted by Gasteiger charge is -2.35. The number of ether oxygens (including phenoxy) is 1. The van der Waals surface area contributed by atoms with Crippen LogP contribution < -0.4 is 5.32 Å². The Kier molecular flexibility index (Phi) is 4.79. The first-order chi connectivity index (χ1) is 11.0. The lowest BCUT2D eigenvalue weighted by atomic mass is 10.2. The van der Waals surface area contributed by atoms with Crippen LogP contribution in [0.1, 0.15) is 20.3 Å². The molecule has 1 fully saturated rings. The van der Waals surface area contributed by atoms with E-state index in [0.29, 0.717) is 17.3 Å². The van der Waals surface area contributed by atoms with Gasteiger partial charge in [-0.05, 0) is 25.2 Å².